The van der Waals surface area contributed by atoms with Crippen molar-refractivity contribution in [2.24, 2.45) is 0 Å². The van der Waals surface area contributed by atoms with Gasteiger partial charge in [0, 0.05) is 37.8 Å². The summed E-state index contributed by atoms with van der Waals surface area (Å²) in [6.07, 6.45) is 4.27. The smallest absolute Gasteiger partial charge is 0.248 e. The Morgan fingerprint density at radius 1 is 1.12 bits per heavy atom. The van der Waals surface area contributed by atoms with Gasteiger partial charge in [-0.3, -0.25) is 9.59 Å². The molecule has 2 aromatic carbocycles. The molecule has 0 aliphatic rings. The van der Waals surface area contributed by atoms with Crippen LogP contribution in [0.15, 0.2) is 54.6 Å². The van der Waals surface area contributed by atoms with Crippen molar-refractivity contribution in [2.75, 3.05) is 26.5 Å². The quantitative estimate of drug-likeness (QED) is 0.777. The fourth-order valence-electron chi connectivity index (χ4n) is 2.43. The van der Waals surface area contributed by atoms with Crippen LogP contribution in [0.3, 0.4) is 0 Å². The van der Waals surface area contributed by atoms with Crippen LogP contribution in [0.25, 0.3) is 6.08 Å². The molecule has 0 atom stereocenters. The third kappa shape index (κ3) is 5.77. The zero-order chi connectivity index (χ0) is 18.9. The van der Waals surface area contributed by atoms with Crippen LogP contribution in [0.4, 0.5) is 5.69 Å². The topological polar surface area (TPSA) is 58.6 Å². The van der Waals surface area contributed by atoms with E-state index in [4.69, 9.17) is 4.74 Å². The number of methoxy groups -OCH3 is 1. The van der Waals surface area contributed by atoms with E-state index in [0.717, 1.165) is 11.1 Å². The summed E-state index contributed by atoms with van der Waals surface area (Å²) in [5, 5.41) is 2.84. The minimum Gasteiger partial charge on any atom is -0.496 e. The summed E-state index contributed by atoms with van der Waals surface area (Å²) >= 11 is 0. The third-order valence-electron chi connectivity index (χ3n) is 3.87. The van der Waals surface area contributed by atoms with Gasteiger partial charge in [-0.2, -0.15) is 0 Å². The van der Waals surface area contributed by atoms with E-state index in [9.17, 15) is 9.59 Å². The van der Waals surface area contributed by atoms with Gasteiger partial charge in [0.25, 0.3) is 0 Å². The Kier molecular flexibility index (Phi) is 6.97. The Morgan fingerprint density at radius 3 is 2.62 bits per heavy atom. The Bertz CT molecular complexity index is 797. The van der Waals surface area contributed by atoms with E-state index in [1.54, 1.807) is 32.2 Å². The van der Waals surface area contributed by atoms with E-state index in [-0.39, 0.29) is 11.8 Å². The van der Waals surface area contributed by atoms with Gasteiger partial charge in [-0.25, -0.2) is 0 Å². The summed E-state index contributed by atoms with van der Waals surface area (Å²) in [7, 11) is 5.08. The minimum absolute atomic E-state index is 0.0826. The summed E-state index contributed by atoms with van der Waals surface area (Å²) in [6, 6.07) is 15.0. The highest BCUT2D eigenvalue weighted by molar-refractivity contribution is 6.02. The molecule has 26 heavy (non-hydrogen) atoms. The van der Waals surface area contributed by atoms with E-state index in [1.807, 2.05) is 48.5 Å². The molecule has 2 rings (SSSR count). The largest absolute Gasteiger partial charge is 0.496 e. The van der Waals surface area contributed by atoms with Gasteiger partial charge in [0.1, 0.15) is 5.75 Å². The van der Waals surface area contributed by atoms with E-state index >= 15 is 0 Å². The van der Waals surface area contributed by atoms with E-state index in [1.165, 1.54) is 6.08 Å². The number of ether oxygens (including phenoxy) is 1. The Morgan fingerprint density at radius 2 is 1.88 bits per heavy atom. The van der Waals surface area contributed by atoms with Crippen molar-refractivity contribution in [3.8, 4) is 5.75 Å². The molecule has 0 aliphatic heterocycles. The molecule has 0 radical (unpaired) electrons. The first kappa shape index (κ1) is 19.2. The predicted molar refractivity (Wildman–Crippen MR) is 104 cm³/mol. The molecule has 2 amide bonds. The van der Waals surface area contributed by atoms with Crippen LogP contribution >= 0.6 is 0 Å². The summed E-state index contributed by atoms with van der Waals surface area (Å²) in [6.45, 7) is 0. The maximum atomic E-state index is 12.2. The number of benzene rings is 2. The van der Waals surface area contributed by atoms with Crippen molar-refractivity contribution in [1.82, 2.24) is 4.90 Å². The molecular weight excluding hydrogens is 328 g/mol. The maximum absolute atomic E-state index is 12.2. The van der Waals surface area contributed by atoms with Gasteiger partial charge in [0.15, 0.2) is 0 Å². The summed E-state index contributed by atoms with van der Waals surface area (Å²) < 4.78 is 5.26. The number of hydrogen-bond acceptors (Lipinski definition) is 3. The molecule has 0 aliphatic carbocycles. The fourth-order valence-corrected chi connectivity index (χ4v) is 2.43. The molecule has 136 valence electrons. The lowest BCUT2D eigenvalue weighted by molar-refractivity contribution is -0.128. The molecule has 0 spiro atoms. The molecular formula is C21H24N2O3. The number of hydrogen-bond donors (Lipinski definition) is 1. The van der Waals surface area contributed by atoms with Crippen molar-refractivity contribution in [3.63, 3.8) is 0 Å². The molecule has 5 heteroatoms. The average Bonchev–Trinajstić information content (AvgIpc) is 2.64. The molecule has 0 aromatic heterocycles. The second kappa shape index (κ2) is 9.42. The number of para-hydroxylation sites is 1. The first-order chi connectivity index (χ1) is 12.5. The number of nitrogens with one attached hydrogen (secondary N) is 1. The van der Waals surface area contributed by atoms with Crippen molar-refractivity contribution in [2.45, 2.75) is 12.8 Å². The Labute approximate surface area is 154 Å². The number of aryl methyl sites for hydroxylation is 1. The molecule has 5 nitrogen and oxygen atoms in total. The average molecular weight is 352 g/mol. The van der Waals surface area contributed by atoms with Gasteiger partial charge in [-0.15, -0.1) is 0 Å². The molecule has 0 bridgehead atoms. The molecule has 1 N–H and O–H groups in total. The summed E-state index contributed by atoms with van der Waals surface area (Å²) in [5.41, 5.74) is 2.54. The van der Waals surface area contributed by atoms with Crippen LogP contribution in [-0.4, -0.2) is 37.9 Å². The third-order valence-corrected chi connectivity index (χ3v) is 3.87. The van der Waals surface area contributed by atoms with E-state index in [0.29, 0.717) is 24.3 Å². The number of nitrogens with zero attached hydrogens (tertiary/aromatic N) is 1. The first-order valence-electron chi connectivity index (χ1n) is 8.41. The zero-order valence-corrected chi connectivity index (χ0v) is 15.4. The molecule has 2 aromatic rings. The number of carbonyl (C=O) groups is 2. The molecule has 0 saturated carbocycles. The Balaban J connectivity index is 1.97. The van der Waals surface area contributed by atoms with Crippen molar-refractivity contribution in [1.29, 1.82) is 0 Å². The van der Waals surface area contributed by atoms with Gasteiger partial charge in [0.2, 0.25) is 11.8 Å². The van der Waals surface area contributed by atoms with E-state index < -0.39 is 0 Å². The Hall–Kier alpha value is -3.08. The number of carbonyl (C=O) groups excluding carboxylic acids is 2. The van der Waals surface area contributed by atoms with Crippen LogP contribution in [0, 0.1) is 0 Å². The minimum atomic E-state index is -0.225. The maximum Gasteiger partial charge on any atom is 0.248 e. The van der Waals surface area contributed by atoms with Crippen LogP contribution in [0.2, 0.25) is 0 Å². The second-order valence-electron chi connectivity index (χ2n) is 6.05. The van der Waals surface area contributed by atoms with Gasteiger partial charge in [0.05, 0.1) is 7.11 Å². The standard InChI is InChI=1S/C21H24N2O3/c1-23(2)21(25)14-11-16-7-6-9-18(15-16)22-20(24)13-12-17-8-4-5-10-19(17)26-3/h4-10,12-13,15H,11,14H2,1-3H3,(H,22,24)/b13-12-. The molecule has 0 fully saturated rings. The molecule has 0 saturated heterocycles. The second-order valence-corrected chi connectivity index (χ2v) is 6.05. The highest BCUT2D eigenvalue weighted by Gasteiger charge is 2.06. The van der Waals surface area contributed by atoms with Crippen molar-refractivity contribution >= 4 is 23.6 Å². The highest BCUT2D eigenvalue weighted by Crippen LogP contribution is 2.19. The monoisotopic (exact) mass is 352 g/mol. The van der Waals surface area contributed by atoms with Crippen LogP contribution in [-0.2, 0) is 16.0 Å². The zero-order valence-electron chi connectivity index (χ0n) is 15.4. The van der Waals surface area contributed by atoms with Gasteiger partial charge < -0.3 is 15.0 Å². The van der Waals surface area contributed by atoms with Crippen LogP contribution in [0.1, 0.15) is 17.5 Å². The van der Waals surface area contributed by atoms with Gasteiger partial charge >= 0.3 is 0 Å². The van der Waals surface area contributed by atoms with E-state index in [2.05, 4.69) is 5.32 Å². The van der Waals surface area contributed by atoms with Crippen LogP contribution < -0.4 is 10.1 Å². The number of anilines is 1. The molecule has 0 heterocycles. The van der Waals surface area contributed by atoms with Crippen molar-refractivity contribution in [3.05, 3.63) is 65.7 Å². The summed E-state index contributed by atoms with van der Waals surface area (Å²) in [5.74, 6) is 0.570. The predicted octanol–water partition coefficient (Wildman–Crippen LogP) is 3.37. The normalized spacial score (nSPS) is 10.6. The lowest BCUT2D eigenvalue weighted by Gasteiger charge is -2.10. The van der Waals surface area contributed by atoms with Gasteiger partial charge in [-0.05, 0) is 36.3 Å². The fraction of sp³-hybridized carbons (Fsp3) is 0.238. The van der Waals surface area contributed by atoms with Crippen molar-refractivity contribution < 1.29 is 14.3 Å². The lowest BCUT2D eigenvalue weighted by atomic mass is 10.1. The SMILES string of the molecule is COc1ccccc1/C=C\C(=O)Nc1cccc(CCC(=O)N(C)C)c1. The van der Waals surface area contributed by atoms with Crippen LogP contribution in [0.5, 0.6) is 5.75 Å². The first-order valence-corrected chi connectivity index (χ1v) is 8.41. The lowest BCUT2D eigenvalue weighted by Crippen LogP contribution is -2.21. The number of rotatable bonds is 7. The number of amides is 2. The highest BCUT2D eigenvalue weighted by atomic mass is 16.5. The van der Waals surface area contributed by atoms with Gasteiger partial charge in [-0.1, -0.05) is 30.3 Å². The molecule has 0 unspecified atom stereocenters. The summed E-state index contributed by atoms with van der Waals surface area (Å²) in [4.78, 5) is 25.4.